The molecule has 1 heterocycles. The van der Waals surface area contributed by atoms with Crippen LogP contribution in [0.25, 0.3) is 0 Å². The molecule has 1 aromatic rings. The fraction of sp³-hybridized carbons (Fsp3) is 0.533. The molecule has 110 valence electrons. The normalized spacial score (nSPS) is 21.9. The van der Waals surface area contributed by atoms with Gasteiger partial charge in [0.1, 0.15) is 11.4 Å². The van der Waals surface area contributed by atoms with E-state index in [-0.39, 0.29) is 5.66 Å². The predicted octanol–water partition coefficient (Wildman–Crippen LogP) is 2.75. The summed E-state index contributed by atoms with van der Waals surface area (Å²) >= 11 is 5.40. The van der Waals surface area contributed by atoms with Gasteiger partial charge in [-0.2, -0.15) is 0 Å². The molecule has 20 heavy (non-hydrogen) atoms. The van der Waals surface area contributed by atoms with Gasteiger partial charge in [-0.3, -0.25) is 5.01 Å². The molecule has 5 heteroatoms. The Labute approximate surface area is 126 Å². The third-order valence-corrected chi connectivity index (χ3v) is 3.76. The highest BCUT2D eigenvalue weighted by Crippen LogP contribution is 2.25. The number of nitrogens with one attached hydrogen (secondary N) is 2. The Morgan fingerprint density at radius 2 is 1.95 bits per heavy atom. The van der Waals surface area contributed by atoms with Gasteiger partial charge >= 0.3 is 0 Å². The summed E-state index contributed by atoms with van der Waals surface area (Å²) in [5, 5.41) is 6.14. The topological polar surface area (TPSA) is 36.5 Å². The minimum absolute atomic E-state index is 0.352. The Bertz CT molecular complexity index is 463. The maximum Gasteiger partial charge on any atom is 0.185 e. The van der Waals surface area contributed by atoms with Crippen molar-refractivity contribution in [1.82, 2.24) is 15.8 Å². The molecule has 1 saturated heterocycles. The third kappa shape index (κ3) is 3.22. The lowest BCUT2D eigenvalue weighted by molar-refractivity contribution is 0.233. The van der Waals surface area contributed by atoms with Gasteiger partial charge in [-0.1, -0.05) is 25.5 Å². The molecule has 1 atom stereocenters. The summed E-state index contributed by atoms with van der Waals surface area (Å²) in [6.07, 6.45) is 2.27. The van der Waals surface area contributed by atoms with Gasteiger partial charge in [0.25, 0.3) is 0 Å². The van der Waals surface area contributed by atoms with Crippen LogP contribution in [0.1, 0.15) is 39.2 Å². The van der Waals surface area contributed by atoms with Crippen LogP contribution in [0.5, 0.6) is 5.75 Å². The van der Waals surface area contributed by atoms with Gasteiger partial charge in [-0.15, -0.1) is 0 Å². The van der Waals surface area contributed by atoms with Crippen LogP contribution in [0.4, 0.5) is 0 Å². The highest BCUT2D eigenvalue weighted by atomic mass is 32.1. The summed E-state index contributed by atoms with van der Waals surface area (Å²) in [6.45, 7) is 7.87. The Morgan fingerprint density at radius 3 is 2.55 bits per heavy atom. The minimum atomic E-state index is -0.352. The average Bonchev–Trinajstić information content (AvgIpc) is 2.73. The maximum atomic E-state index is 5.47. The lowest BCUT2D eigenvalue weighted by Gasteiger charge is -2.26. The molecule has 0 radical (unpaired) electrons. The zero-order valence-corrected chi connectivity index (χ0v) is 13.2. The number of rotatable bonds is 6. The van der Waals surface area contributed by atoms with Crippen molar-refractivity contribution in [2.75, 3.05) is 13.2 Å². The molecule has 0 bridgehead atoms. The Hall–Kier alpha value is -1.33. The van der Waals surface area contributed by atoms with E-state index in [1.54, 1.807) is 0 Å². The number of ether oxygens (including phenoxy) is 1. The maximum absolute atomic E-state index is 5.47. The number of hydrogen-bond donors (Lipinski definition) is 2. The average molecular weight is 293 g/mol. The van der Waals surface area contributed by atoms with E-state index >= 15 is 0 Å². The van der Waals surface area contributed by atoms with Crippen LogP contribution in [-0.2, 0) is 5.66 Å². The van der Waals surface area contributed by atoms with Crippen LogP contribution in [0.15, 0.2) is 24.3 Å². The molecule has 1 aromatic carbocycles. The van der Waals surface area contributed by atoms with Gasteiger partial charge in [0.15, 0.2) is 5.11 Å². The van der Waals surface area contributed by atoms with Crippen molar-refractivity contribution in [2.45, 2.75) is 39.3 Å². The molecule has 0 aromatic heterocycles. The van der Waals surface area contributed by atoms with Crippen LogP contribution in [0.2, 0.25) is 0 Å². The van der Waals surface area contributed by atoms with Crippen molar-refractivity contribution in [3.05, 3.63) is 29.8 Å². The Kier molecular flexibility index (Phi) is 4.83. The van der Waals surface area contributed by atoms with E-state index < -0.39 is 0 Å². The summed E-state index contributed by atoms with van der Waals surface area (Å²) in [6, 6.07) is 8.12. The zero-order chi connectivity index (χ0) is 14.6. The molecular formula is C15H23N3OS. The van der Waals surface area contributed by atoms with E-state index in [2.05, 4.69) is 36.7 Å². The zero-order valence-electron chi connectivity index (χ0n) is 12.4. The van der Waals surface area contributed by atoms with Gasteiger partial charge < -0.3 is 10.1 Å². The summed E-state index contributed by atoms with van der Waals surface area (Å²) in [4.78, 5) is 0. The molecule has 1 aliphatic rings. The van der Waals surface area contributed by atoms with E-state index in [0.29, 0.717) is 6.61 Å². The number of hydrogen-bond acceptors (Lipinski definition) is 3. The van der Waals surface area contributed by atoms with E-state index in [0.717, 1.165) is 35.8 Å². The molecule has 1 fully saturated rings. The summed E-state index contributed by atoms with van der Waals surface area (Å²) in [5.41, 5.74) is 4.25. The molecular weight excluding hydrogens is 270 g/mol. The van der Waals surface area contributed by atoms with Crippen LogP contribution < -0.4 is 15.5 Å². The van der Waals surface area contributed by atoms with Crippen molar-refractivity contribution < 1.29 is 4.74 Å². The quantitative estimate of drug-likeness (QED) is 0.789. The molecule has 0 spiro atoms. The first-order chi connectivity index (χ1) is 9.59. The van der Waals surface area contributed by atoms with Crippen LogP contribution in [0.3, 0.4) is 0 Å². The monoisotopic (exact) mass is 293 g/mol. The number of benzene rings is 1. The van der Waals surface area contributed by atoms with Gasteiger partial charge in [0.05, 0.1) is 6.61 Å². The van der Waals surface area contributed by atoms with E-state index in [9.17, 15) is 0 Å². The van der Waals surface area contributed by atoms with Crippen LogP contribution in [0, 0.1) is 0 Å². The molecule has 2 rings (SSSR count). The number of thiocarbonyl (C=S) groups is 1. The van der Waals surface area contributed by atoms with E-state index in [1.807, 2.05) is 24.1 Å². The van der Waals surface area contributed by atoms with Crippen molar-refractivity contribution >= 4 is 17.3 Å². The molecule has 0 amide bonds. The SMILES string of the molecule is CCCCN1N[C@@](C)(c2ccc(OCC)cc2)NC1=S. The van der Waals surface area contributed by atoms with Crippen molar-refractivity contribution in [3.63, 3.8) is 0 Å². The lowest BCUT2D eigenvalue weighted by Crippen LogP contribution is -2.45. The molecule has 0 saturated carbocycles. The molecule has 1 aliphatic heterocycles. The van der Waals surface area contributed by atoms with E-state index in [1.165, 1.54) is 0 Å². The van der Waals surface area contributed by atoms with Crippen LogP contribution >= 0.6 is 12.2 Å². The number of nitrogens with zero attached hydrogens (tertiary/aromatic N) is 1. The second kappa shape index (κ2) is 6.41. The molecule has 2 N–H and O–H groups in total. The van der Waals surface area contributed by atoms with Gasteiger partial charge in [-0.25, -0.2) is 5.43 Å². The predicted molar refractivity (Wildman–Crippen MR) is 85.4 cm³/mol. The standard InChI is InChI=1S/C15H23N3OS/c1-4-6-11-18-14(20)16-15(3,17-18)12-7-9-13(10-8-12)19-5-2/h7-10,17H,4-6,11H2,1-3H3,(H,16,20)/t15-/m0/s1. The van der Waals surface area contributed by atoms with Gasteiger partial charge in [0.2, 0.25) is 0 Å². The summed E-state index contributed by atoms with van der Waals surface area (Å²) in [5.74, 6) is 0.892. The van der Waals surface area contributed by atoms with Crippen LogP contribution in [-0.4, -0.2) is 23.3 Å². The Morgan fingerprint density at radius 1 is 1.25 bits per heavy atom. The second-order valence-electron chi connectivity index (χ2n) is 5.13. The second-order valence-corrected chi connectivity index (χ2v) is 5.52. The van der Waals surface area contributed by atoms with Crippen molar-refractivity contribution in [3.8, 4) is 5.75 Å². The summed E-state index contributed by atoms with van der Waals surface area (Å²) < 4.78 is 5.47. The van der Waals surface area contributed by atoms with Gasteiger partial charge in [0, 0.05) is 6.54 Å². The first-order valence-corrected chi connectivity index (χ1v) is 7.60. The number of hydrazine groups is 1. The van der Waals surface area contributed by atoms with Crippen molar-refractivity contribution in [1.29, 1.82) is 0 Å². The largest absolute Gasteiger partial charge is 0.494 e. The molecule has 0 unspecified atom stereocenters. The smallest absolute Gasteiger partial charge is 0.185 e. The van der Waals surface area contributed by atoms with Crippen molar-refractivity contribution in [2.24, 2.45) is 0 Å². The minimum Gasteiger partial charge on any atom is -0.494 e. The molecule has 4 nitrogen and oxygen atoms in total. The fourth-order valence-electron chi connectivity index (χ4n) is 2.29. The first kappa shape index (κ1) is 15.1. The fourth-order valence-corrected chi connectivity index (χ4v) is 2.63. The number of unbranched alkanes of at least 4 members (excludes halogenated alkanes) is 1. The lowest BCUT2D eigenvalue weighted by atomic mass is 10.0. The van der Waals surface area contributed by atoms with E-state index in [4.69, 9.17) is 17.0 Å². The summed E-state index contributed by atoms with van der Waals surface area (Å²) in [7, 11) is 0. The molecule has 0 aliphatic carbocycles. The highest BCUT2D eigenvalue weighted by molar-refractivity contribution is 7.80. The Balaban J connectivity index is 2.09. The highest BCUT2D eigenvalue weighted by Gasteiger charge is 2.36. The first-order valence-electron chi connectivity index (χ1n) is 7.20. The third-order valence-electron chi connectivity index (χ3n) is 3.44. The van der Waals surface area contributed by atoms with Gasteiger partial charge in [-0.05, 0) is 50.2 Å².